The van der Waals surface area contributed by atoms with E-state index in [0.29, 0.717) is 49.9 Å². The van der Waals surface area contributed by atoms with Crippen LogP contribution in [-0.2, 0) is 0 Å². The SMILES string of the molecule is [B]c1c([B])c([B])c(-c2nn(-c3cccc(-n4nc(-c5c([B])c([B])c([B])c([B])c5[B])c5ccccc54)c3Cl)c3ccccc23)c([B])c1[B]. The Kier molecular flexibility index (Phi) is 7.79. The Morgan fingerprint density at radius 3 is 1.09 bits per heavy atom. The molecule has 0 fully saturated rings. The maximum absolute atomic E-state index is 7.22. The van der Waals surface area contributed by atoms with E-state index < -0.39 is 0 Å². The molecule has 0 saturated heterocycles. The predicted molar refractivity (Wildman–Crippen MR) is 205 cm³/mol. The molecule has 47 heavy (non-hydrogen) atoms. The number of halogens is 1. The quantitative estimate of drug-likeness (QED) is 0.197. The zero-order chi connectivity index (χ0) is 33.5. The highest BCUT2D eigenvalue weighted by Gasteiger charge is 2.23. The molecule has 15 heteroatoms. The van der Waals surface area contributed by atoms with Crippen molar-refractivity contribution in [2.24, 2.45) is 0 Å². The fourth-order valence-corrected chi connectivity index (χ4v) is 6.20. The van der Waals surface area contributed by atoms with E-state index in [1.807, 2.05) is 66.7 Å². The molecule has 0 bridgehead atoms. The lowest BCUT2D eigenvalue weighted by Gasteiger charge is -2.20. The monoisotopic (exact) mass is 596 g/mol. The summed E-state index contributed by atoms with van der Waals surface area (Å²) < 4.78 is 3.39. The zero-order valence-corrected chi connectivity index (χ0v) is 25.5. The molecule has 2 aromatic heterocycles. The van der Waals surface area contributed by atoms with Crippen molar-refractivity contribution in [3.63, 3.8) is 0 Å². The molecule has 0 N–H and O–H groups in total. The summed E-state index contributed by atoms with van der Waals surface area (Å²) in [6, 6.07) is 20.6. The Hall–Kier alpha value is -4.02. The first-order valence-corrected chi connectivity index (χ1v) is 14.6. The van der Waals surface area contributed by atoms with E-state index in [-0.39, 0.29) is 54.6 Å². The Labute approximate surface area is 290 Å². The zero-order valence-electron chi connectivity index (χ0n) is 24.8. The number of rotatable bonds is 4. The van der Waals surface area contributed by atoms with Crippen molar-refractivity contribution in [3.8, 4) is 33.9 Å². The molecule has 4 nitrogen and oxygen atoms in total. The molecule has 20 radical (unpaired) electrons. The van der Waals surface area contributed by atoms with Gasteiger partial charge >= 0.3 is 0 Å². The Morgan fingerprint density at radius 2 is 0.723 bits per heavy atom. The Bertz CT molecular complexity index is 2230. The number of fused-ring (bicyclic) bond motifs is 2. The summed E-state index contributed by atoms with van der Waals surface area (Å²) in [7, 11) is 62.7. The fourth-order valence-electron chi connectivity index (χ4n) is 5.91. The smallest absolute Gasteiger partial charge is 0.113 e. The molecule has 0 aliphatic rings. The van der Waals surface area contributed by atoms with Crippen LogP contribution in [0.2, 0.25) is 5.02 Å². The number of hydrogen-bond acceptors (Lipinski definition) is 2. The molecule has 0 atom stereocenters. The summed E-state index contributed by atoms with van der Waals surface area (Å²) >= 11 is 7.22. The first-order chi connectivity index (χ1) is 22.4. The summed E-state index contributed by atoms with van der Waals surface area (Å²) in [5.74, 6) is 0. The molecule has 2 heterocycles. The molecule has 7 rings (SSSR count). The van der Waals surface area contributed by atoms with Gasteiger partial charge in [-0.25, -0.2) is 9.36 Å². The average Bonchev–Trinajstić information content (AvgIpc) is 3.64. The largest absolute Gasteiger partial charge is 0.231 e. The van der Waals surface area contributed by atoms with Crippen LogP contribution in [0.3, 0.4) is 0 Å². The van der Waals surface area contributed by atoms with Gasteiger partial charge in [0.15, 0.2) is 0 Å². The van der Waals surface area contributed by atoms with Crippen molar-refractivity contribution in [3.05, 3.63) is 71.8 Å². The van der Waals surface area contributed by atoms with Crippen molar-refractivity contribution in [1.29, 1.82) is 0 Å². The van der Waals surface area contributed by atoms with Crippen molar-refractivity contribution in [2.45, 2.75) is 0 Å². The number of benzene rings is 5. The lowest BCUT2D eigenvalue weighted by molar-refractivity contribution is 0.891. The summed E-state index contributed by atoms with van der Waals surface area (Å²) in [5, 5.41) is 11.7. The highest BCUT2D eigenvalue weighted by molar-refractivity contribution is 6.70. The minimum absolute atomic E-state index is 0.113. The molecule has 7 aromatic rings. The van der Waals surface area contributed by atoms with Crippen LogP contribution in [0, 0.1) is 0 Å². The second-order valence-corrected chi connectivity index (χ2v) is 11.4. The summed E-state index contributed by atoms with van der Waals surface area (Å²) in [4.78, 5) is 0. The van der Waals surface area contributed by atoms with Crippen LogP contribution in [0.25, 0.3) is 55.7 Å². The molecule has 0 aliphatic heterocycles. The van der Waals surface area contributed by atoms with Crippen LogP contribution < -0.4 is 54.6 Å². The maximum atomic E-state index is 7.22. The van der Waals surface area contributed by atoms with Gasteiger partial charge in [-0.05, 0) is 35.4 Å². The van der Waals surface area contributed by atoms with E-state index in [1.165, 1.54) is 0 Å². The van der Waals surface area contributed by atoms with Crippen molar-refractivity contribution >= 4 is 166 Å². The maximum Gasteiger partial charge on any atom is 0.113 e. The van der Waals surface area contributed by atoms with Gasteiger partial charge in [0, 0.05) is 10.8 Å². The highest BCUT2D eigenvalue weighted by atomic mass is 35.5. The van der Waals surface area contributed by atoms with Crippen LogP contribution >= 0.6 is 11.6 Å². The van der Waals surface area contributed by atoms with E-state index in [9.17, 15) is 0 Å². The van der Waals surface area contributed by atoms with E-state index in [1.54, 1.807) is 9.36 Å². The number of para-hydroxylation sites is 2. The molecule has 0 amide bonds. The third-order valence-corrected chi connectivity index (χ3v) is 8.85. The second kappa shape index (κ2) is 11.6. The number of aromatic nitrogens is 4. The van der Waals surface area contributed by atoms with Crippen LogP contribution in [0.15, 0.2) is 66.7 Å². The third kappa shape index (κ3) is 4.66. The first kappa shape index (κ1) is 31.6. The van der Waals surface area contributed by atoms with Crippen molar-refractivity contribution < 1.29 is 0 Å². The van der Waals surface area contributed by atoms with Gasteiger partial charge in [-0.3, -0.25) is 0 Å². The number of nitrogens with zero attached hydrogens (tertiary/aromatic N) is 4. The molecule has 0 spiro atoms. The molecule has 5 aromatic carbocycles. The lowest BCUT2D eigenvalue weighted by Crippen LogP contribution is -2.55. The summed E-state index contributed by atoms with van der Waals surface area (Å²) in [5.41, 5.74) is 5.56. The van der Waals surface area contributed by atoms with E-state index in [0.717, 1.165) is 10.8 Å². The van der Waals surface area contributed by atoms with Crippen molar-refractivity contribution in [2.75, 3.05) is 0 Å². The van der Waals surface area contributed by atoms with Gasteiger partial charge < -0.3 is 0 Å². The van der Waals surface area contributed by atoms with Crippen LogP contribution in [0.1, 0.15) is 0 Å². The summed E-state index contributed by atoms with van der Waals surface area (Å²) in [6.07, 6.45) is 0. The highest BCUT2D eigenvalue weighted by Crippen LogP contribution is 2.35. The lowest BCUT2D eigenvalue weighted by atomic mass is 9.60. The second-order valence-electron chi connectivity index (χ2n) is 11.1. The van der Waals surface area contributed by atoms with E-state index >= 15 is 0 Å². The van der Waals surface area contributed by atoms with E-state index in [4.69, 9.17) is 100 Å². The van der Waals surface area contributed by atoms with Crippen LogP contribution in [0.5, 0.6) is 0 Å². The minimum Gasteiger partial charge on any atom is -0.231 e. The van der Waals surface area contributed by atoms with Crippen LogP contribution in [-0.4, -0.2) is 98.0 Å². The standard InChI is InChI=1S/C32H11B10ClN4/c33-20-18(21(34)25(38)28(41)24(20)37)31-12-6-1-3-8-14(12)46(44-31)16-10-5-11-17(30(16)43)47-15-9-4-2-7-13(15)32(45-47)19-22(35)26(39)29(42)27(40)23(19)36/h1-11H. The van der Waals surface area contributed by atoms with Crippen molar-refractivity contribution in [1.82, 2.24) is 19.6 Å². The fraction of sp³-hybridized carbons (Fsp3) is 0. The van der Waals surface area contributed by atoms with Gasteiger partial charge in [0.25, 0.3) is 0 Å². The van der Waals surface area contributed by atoms with Crippen LogP contribution in [0.4, 0.5) is 0 Å². The molecular formula is C32H11B10ClN4. The Balaban J connectivity index is 1.48. The third-order valence-electron chi connectivity index (χ3n) is 8.46. The minimum atomic E-state index is 0.113. The van der Waals surface area contributed by atoms with E-state index in [2.05, 4.69) is 0 Å². The molecule has 196 valence electrons. The van der Waals surface area contributed by atoms with Gasteiger partial charge in [-0.15, -0.1) is 32.8 Å². The topological polar surface area (TPSA) is 35.6 Å². The molecule has 0 aliphatic carbocycles. The molecule has 0 saturated carbocycles. The van der Waals surface area contributed by atoms with Gasteiger partial charge in [0.05, 0.1) is 38.8 Å². The molecule has 0 unspecified atom stereocenters. The molecular weight excluding hydrogens is 584 g/mol. The predicted octanol–water partition coefficient (Wildman–Crippen LogP) is -3.71. The van der Waals surface area contributed by atoms with Gasteiger partial charge in [-0.1, -0.05) is 75.9 Å². The normalized spacial score (nSPS) is 11.5. The Morgan fingerprint density at radius 1 is 0.404 bits per heavy atom. The average molecular weight is 595 g/mol. The number of hydrogen-bond donors (Lipinski definition) is 0. The van der Waals surface area contributed by atoms with Gasteiger partial charge in [-0.2, -0.15) is 10.2 Å². The summed E-state index contributed by atoms with van der Waals surface area (Å²) in [6.45, 7) is 0. The van der Waals surface area contributed by atoms with Gasteiger partial charge in [0.1, 0.15) is 78.5 Å². The van der Waals surface area contributed by atoms with Gasteiger partial charge in [0.2, 0.25) is 0 Å². The first-order valence-electron chi connectivity index (χ1n) is 14.2.